The van der Waals surface area contributed by atoms with Crippen LogP contribution in [0.3, 0.4) is 0 Å². The summed E-state index contributed by atoms with van der Waals surface area (Å²) in [6, 6.07) is 8.99. The molecule has 0 bridgehead atoms. The van der Waals surface area contributed by atoms with Gasteiger partial charge in [-0.2, -0.15) is 0 Å². The second kappa shape index (κ2) is 4.79. The second-order valence-corrected chi connectivity index (χ2v) is 5.32. The van der Waals surface area contributed by atoms with Gasteiger partial charge >= 0.3 is 0 Å². The molecule has 4 heteroatoms. The van der Waals surface area contributed by atoms with Crippen LogP contribution in [-0.4, -0.2) is 15.6 Å². The van der Waals surface area contributed by atoms with Crippen molar-refractivity contribution in [2.45, 2.75) is 31.5 Å². The van der Waals surface area contributed by atoms with Crippen LogP contribution in [0.5, 0.6) is 0 Å². The lowest BCUT2D eigenvalue weighted by atomic mass is 10.1. The topological polar surface area (TPSA) is 55.9 Å². The van der Waals surface area contributed by atoms with Crippen LogP contribution in [0, 0.1) is 0 Å². The van der Waals surface area contributed by atoms with E-state index in [1.165, 1.54) is 11.1 Å². The van der Waals surface area contributed by atoms with E-state index in [0.29, 0.717) is 0 Å². The monoisotopic (exact) mass is 256 g/mol. The highest BCUT2D eigenvalue weighted by Gasteiger charge is 2.30. The van der Waals surface area contributed by atoms with Crippen molar-refractivity contribution in [2.24, 2.45) is 12.8 Å². The van der Waals surface area contributed by atoms with Gasteiger partial charge in [0.1, 0.15) is 5.82 Å². The Labute approximate surface area is 113 Å². The second-order valence-electron chi connectivity index (χ2n) is 5.32. The molecule has 1 aliphatic carbocycles. The molecule has 3 rings (SSSR count). The molecule has 4 nitrogen and oxygen atoms in total. The summed E-state index contributed by atoms with van der Waals surface area (Å²) in [5.41, 5.74) is 8.97. The van der Waals surface area contributed by atoms with Gasteiger partial charge in [0.2, 0.25) is 0 Å². The highest BCUT2D eigenvalue weighted by atomic mass is 15.1. The lowest BCUT2D eigenvalue weighted by Crippen LogP contribution is -2.38. The van der Waals surface area contributed by atoms with E-state index < -0.39 is 0 Å². The van der Waals surface area contributed by atoms with Crippen LogP contribution in [0.4, 0.5) is 0 Å². The quantitative estimate of drug-likeness (QED) is 0.878. The van der Waals surface area contributed by atoms with Crippen molar-refractivity contribution in [3.8, 4) is 0 Å². The molecule has 1 aliphatic rings. The van der Waals surface area contributed by atoms with Gasteiger partial charge in [-0.3, -0.25) is 0 Å². The SMILES string of the molecule is CC(N[C@@H]1Cc2ccccc2[C@H]1N)c1nccn1C. The van der Waals surface area contributed by atoms with E-state index in [0.717, 1.165) is 12.2 Å². The van der Waals surface area contributed by atoms with Gasteiger partial charge in [0.05, 0.1) is 6.04 Å². The summed E-state index contributed by atoms with van der Waals surface area (Å²) in [5.74, 6) is 1.04. The molecule has 1 aromatic carbocycles. The molecule has 100 valence electrons. The van der Waals surface area contributed by atoms with E-state index in [9.17, 15) is 0 Å². The van der Waals surface area contributed by atoms with E-state index in [-0.39, 0.29) is 18.1 Å². The number of aryl methyl sites for hydroxylation is 1. The molecule has 0 saturated heterocycles. The molecule has 1 unspecified atom stereocenters. The van der Waals surface area contributed by atoms with Crippen LogP contribution in [0.2, 0.25) is 0 Å². The minimum atomic E-state index is 0.0684. The molecule has 1 heterocycles. The minimum absolute atomic E-state index is 0.0684. The Morgan fingerprint density at radius 3 is 2.89 bits per heavy atom. The average molecular weight is 256 g/mol. The number of benzene rings is 1. The van der Waals surface area contributed by atoms with Crippen molar-refractivity contribution in [3.63, 3.8) is 0 Å². The molecular formula is C15H20N4. The number of nitrogens with one attached hydrogen (secondary N) is 1. The fourth-order valence-electron chi connectivity index (χ4n) is 2.98. The van der Waals surface area contributed by atoms with Crippen LogP contribution in [0.1, 0.15) is 36.0 Å². The van der Waals surface area contributed by atoms with Crippen molar-refractivity contribution >= 4 is 0 Å². The van der Waals surface area contributed by atoms with Crippen molar-refractivity contribution in [3.05, 3.63) is 53.6 Å². The summed E-state index contributed by atoms with van der Waals surface area (Å²) in [5, 5.41) is 3.61. The van der Waals surface area contributed by atoms with Crippen LogP contribution >= 0.6 is 0 Å². The van der Waals surface area contributed by atoms with Gasteiger partial charge in [-0.25, -0.2) is 4.98 Å². The van der Waals surface area contributed by atoms with Crippen molar-refractivity contribution in [1.29, 1.82) is 0 Å². The molecule has 0 amide bonds. The molecule has 0 aliphatic heterocycles. The number of aromatic nitrogens is 2. The van der Waals surface area contributed by atoms with Crippen LogP contribution in [0.15, 0.2) is 36.7 Å². The summed E-state index contributed by atoms with van der Waals surface area (Å²) in [6.07, 6.45) is 4.79. The van der Waals surface area contributed by atoms with E-state index in [1.54, 1.807) is 0 Å². The number of hydrogen-bond acceptors (Lipinski definition) is 3. The summed E-state index contributed by atoms with van der Waals surface area (Å²) >= 11 is 0. The summed E-state index contributed by atoms with van der Waals surface area (Å²) in [6.45, 7) is 2.14. The molecule has 1 aromatic heterocycles. The predicted molar refractivity (Wildman–Crippen MR) is 75.6 cm³/mol. The molecule has 0 radical (unpaired) electrons. The highest BCUT2D eigenvalue weighted by Crippen LogP contribution is 2.30. The maximum absolute atomic E-state index is 6.34. The fourth-order valence-corrected chi connectivity index (χ4v) is 2.98. The zero-order valence-corrected chi connectivity index (χ0v) is 11.4. The Kier molecular flexibility index (Phi) is 3.12. The number of hydrogen-bond donors (Lipinski definition) is 2. The van der Waals surface area contributed by atoms with Gasteiger partial charge in [-0.1, -0.05) is 24.3 Å². The van der Waals surface area contributed by atoms with Crippen LogP contribution in [0.25, 0.3) is 0 Å². The van der Waals surface area contributed by atoms with Crippen molar-refractivity contribution in [1.82, 2.24) is 14.9 Å². The summed E-state index contributed by atoms with van der Waals surface area (Å²) in [4.78, 5) is 4.39. The molecule has 3 N–H and O–H groups in total. The molecule has 0 spiro atoms. The van der Waals surface area contributed by atoms with Gasteiger partial charge in [-0.05, 0) is 24.5 Å². The van der Waals surface area contributed by atoms with Crippen molar-refractivity contribution in [2.75, 3.05) is 0 Å². The van der Waals surface area contributed by atoms with E-state index >= 15 is 0 Å². The zero-order chi connectivity index (χ0) is 13.4. The Bertz CT molecular complexity index is 575. The first-order valence-corrected chi connectivity index (χ1v) is 6.73. The Morgan fingerprint density at radius 1 is 1.42 bits per heavy atom. The predicted octanol–water partition coefficient (Wildman–Crippen LogP) is 1.70. The molecule has 19 heavy (non-hydrogen) atoms. The van der Waals surface area contributed by atoms with E-state index in [2.05, 4.69) is 41.5 Å². The number of rotatable bonds is 3. The van der Waals surface area contributed by atoms with E-state index in [4.69, 9.17) is 5.73 Å². The number of fused-ring (bicyclic) bond motifs is 1. The Balaban J connectivity index is 1.75. The first-order valence-electron chi connectivity index (χ1n) is 6.73. The van der Waals surface area contributed by atoms with Gasteiger partial charge in [0.25, 0.3) is 0 Å². The summed E-state index contributed by atoms with van der Waals surface area (Å²) in [7, 11) is 2.02. The third-order valence-corrected chi connectivity index (χ3v) is 4.00. The zero-order valence-electron chi connectivity index (χ0n) is 11.4. The third-order valence-electron chi connectivity index (χ3n) is 4.00. The Morgan fingerprint density at radius 2 is 2.21 bits per heavy atom. The number of nitrogens with two attached hydrogens (primary N) is 1. The first-order chi connectivity index (χ1) is 9.16. The maximum atomic E-state index is 6.34. The molecule has 3 atom stereocenters. The first kappa shape index (κ1) is 12.4. The average Bonchev–Trinajstić information content (AvgIpc) is 2.95. The lowest BCUT2D eigenvalue weighted by Gasteiger charge is -2.22. The van der Waals surface area contributed by atoms with Gasteiger partial charge in [0.15, 0.2) is 0 Å². The van der Waals surface area contributed by atoms with Gasteiger partial charge in [-0.15, -0.1) is 0 Å². The van der Waals surface area contributed by atoms with Crippen LogP contribution in [-0.2, 0) is 13.5 Å². The molecular weight excluding hydrogens is 236 g/mol. The summed E-state index contributed by atoms with van der Waals surface area (Å²) < 4.78 is 2.05. The smallest absolute Gasteiger partial charge is 0.125 e. The molecule has 2 aromatic rings. The molecule has 0 saturated carbocycles. The van der Waals surface area contributed by atoms with E-state index in [1.807, 2.05) is 24.0 Å². The third kappa shape index (κ3) is 2.17. The largest absolute Gasteiger partial charge is 0.337 e. The number of imidazole rings is 1. The van der Waals surface area contributed by atoms with Gasteiger partial charge < -0.3 is 15.6 Å². The lowest BCUT2D eigenvalue weighted by molar-refractivity contribution is 0.403. The molecule has 0 fully saturated rings. The maximum Gasteiger partial charge on any atom is 0.125 e. The van der Waals surface area contributed by atoms with Crippen LogP contribution < -0.4 is 11.1 Å². The van der Waals surface area contributed by atoms with Crippen molar-refractivity contribution < 1.29 is 0 Å². The minimum Gasteiger partial charge on any atom is -0.337 e. The Hall–Kier alpha value is -1.65. The fraction of sp³-hybridized carbons (Fsp3) is 0.400. The normalized spacial score (nSPS) is 23.3. The number of nitrogens with zero attached hydrogens (tertiary/aromatic N) is 2. The standard InChI is InChI=1S/C15H20N4/c1-10(15-17-7-8-19(15)2)18-13-9-11-5-3-4-6-12(11)14(13)16/h3-8,10,13-14,18H,9,16H2,1-2H3/t10?,13-,14-/m1/s1. The highest BCUT2D eigenvalue weighted by molar-refractivity contribution is 5.36. The van der Waals surface area contributed by atoms with Gasteiger partial charge in [0, 0.05) is 31.5 Å².